The lowest BCUT2D eigenvalue weighted by Crippen LogP contribution is -2.29. The summed E-state index contributed by atoms with van der Waals surface area (Å²) in [6.07, 6.45) is 3.88. The fraction of sp³-hybridized carbons (Fsp3) is 0.667. The van der Waals surface area contributed by atoms with Crippen molar-refractivity contribution in [1.29, 1.82) is 0 Å². The third-order valence-electron chi connectivity index (χ3n) is 2.25. The van der Waals surface area contributed by atoms with Gasteiger partial charge in [-0.2, -0.15) is 5.10 Å². The summed E-state index contributed by atoms with van der Waals surface area (Å²) in [6, 6.07) is 0. The summed E-state index contributed by atoms with van der Waals surface area (Å²) in [6.45, 7) is 3.36. The van der Waals surface area contributed by atoms with Crippen LogP contribution < -0.4 is 0 Å². The standard InChI is InChI=1S/C9H13N2O2/c1-7-5-10-11(2)8(7)6-13-9-3-4-12-9/h9H,3-4,6H2,1-2H3. The summed E-state index contributed by atoms with van der Waals surface area (Å²) in [4.78, 5) is 0. The van der Waals surface area contributed by atoms with E-state index in [9.17, 15) is 0 Å². The van der Waals surface area contributed by atoms with Gasteiger partial charge < -0.3 is 9.47 Å². The first-order chi connectivity index (χ1) is 6.27. The molecule has 1 aromatic heterocycles. The molecule has 1 aliphatic rings. The first kappa shape index (κ1) is 8.72. The van der Waals surface area contributed by atoms with Gasteiger partial charge in [0, 0.05) is 19.0 Å². The molecule has 0 aromatic carbocycles. The molecule has 0 aliphatic carbocycles. The minimum atomic E-state index is -0.00528. The largest absolute Gasteiger partial charge is 0.352 e. The van der Waals surface area contributed by atoms with Crippen LogP contribution in [-0.4, -0.2) is 22.7 Å². The molecule has 2 rings (SSSR count). The normalized spacial score (nSPS) is 21.5. The highest BCUT2D eigenvalue weighted by atomic mass is 16.7. The first-order valence-corrected chi connectivity index (χ1v) is 4.40. The topological polar surface area (TPSA) is 36.3 Å². The molecule has 1 aromatic rings. The van der Waals surface area contributed by atoms with Gasteiger partial charge in [-0.1, -0.05) is 0 Å². The van der Waals surface area contributed by atoms with Crippen molar-refractivity contribution in [3.8, 4) is 0 Å². The van der Waals surface area contributed by atoms with Crippen molar-refractivity contribution in [2.45, 2.75) is 26.2 Å². The quantitative estimate of drug-likeness (QED) is 0.691. The summed E-state index contributed by atoms with van der Waals surface area (Å²) < 4.78 is 12.4. The Labute approximate surface area is 77.4 Å². The van der Waals surface area contributed by atoms with E-state index in [1.165, 1.54) is 0 Å². The summed E-state index contributed by atoms with van der Waals surface area (Å²) in [5.74, 6) is 0. The van der Waals surface area contributed by atoms with Crippen molar-refractivity contribution in [1.82, 2.24) is 9.78 Å². The van der Waals surface area contributed by atoms with Crippen LogP contribution in [0.3, 0.4) is 0 Å². The van der Waals surface area contributed by atoms with Gasteiger partial charge in [0.05, 0.1) is 18.9 Å². The van der Waals surface area contributed by atoms with Crippen molar-refractivity contribution < 1.29 is 9.47 Å². The van der Waals surface area contributed by atoms with Gasteiger partial charge in [0.2, 0.25) is 0 Å². The lowest BCUT2D eigenvalue weighted by molar-refractivity contribution is -0.221. The van der Waals surface area contributed by atoms with E-state index in [0.717, 1.165) is 24.3 Å². The number of hydrogen-bond acceptors (Lipinski definition) is 3. The Bertz CT molecular complexity index is 272. The Balaban J connectivity index is 1.92. The Morgan fingerprint density at radius 1 is 1.77 bits per heavy atom. The van der Waals surface area contributed by atoms with E-state index in [2.05, 4.69) is 11.3 Å². The van der Waals surface area contributed by atoms with Gasteiger partial charge in [-0.3, -0.25) is 4.68 Å². The molecule has 2 heterocycles. The molecule has 4 heteroatoms. The van der Waals surface area contributed by atoms with E-state index in [4.69, 9.17) is 9.47 Å². The van der Waals surface area contributed by atoms with Crippen LogP contribution in [0.2, 0.25) is 0 Å². The SMILES string of the molecule is Cc1[c]nn(C)c1COC1CCO1. The number of aryl methyl sites for hydroxylation is 2. The molecule has 1 radical (unpaired) electrons. The van der Waals surface area contributed by atoms with Gasteiger partial charge in [0.15, 0.2) is 6.29 Å². The van der Waals surface area contributed by atoms with Crippen LogP contribution in [0.15, 0.2) is 0 Å². The van der Waals surface area contributed by atoms with Crippen LogP contribution in [0.5, 0.6) is 0 Å². The van der Waals surface area contributed by atoms with Gasteiger partial charge in [-0.15, -0.1) is 0 Å². The Hall–Kier alpha value is -0.870. The number of ether oxygens (including phenoxy) is 2. The molecule has 1 fully saturated rings. The van der Waals surface area contributed by atoms with Crippen molar-refractivity contribution in [3.05, 3.63) is 17.5 Å². The highest BCUT2D eigenvalue weighted by Crippen LogP contribution is 2.15. The molecular weight excluding hydrogens is 168 g/mol. The van der Waals surface area contributed by atoms with Crippen molar-refractivity contribution in [3.63, 3.8) is 0 Å². The van der Waals surface area contributed by atoms with Crippen LogP contribution in [0.1, 0.15) is 17.7 Å². The van der Waals surface area contributed by atoms with E-state index in [0.29, 0.717) is 6.61 Å². The zero-order chi connectivity index (χ0) is 9.26. The fourth-order valence-corrected chi connectivity index (χ4v) is 1.24. The smallest absolute Gasteiger partial charge is 0.160 e. The van der Waals surface area contributed by atoms with Crippen LogP contribution in [0.4, 0.5) is 0 Å². The Kier molecular flexibility index (Phi) is 2.33. The molecule has 1 unspecified atom stereocenters. The maximum atomic E-state index is 5.48. The number of hydrogen-bond donors (Lipinski definition) is 0. The summed E-state index contributed by atoms with van der Waals surface area (Å²) in [5.41, 5.74) is 2.11. The molecule has 1 aliphatic heterocycles. The maximum absolute atomic E-state index is 5.48. The van der Waals surface area contributed by atoms with Crippen molar-refractivity contribution in [2.75, 3.05) is 6.61 Å². The molecule has 13 heavy (non-hydrogen) atoms. The average molecular weight is 181 g/mol. The van der Waals surface area contributed by atoms with Crippen molar-refractivity contribution >= 4 is 0 Å². The van der Waals surface area contributed by atoms with Crippen molar-refractivity contribution in [2.24, 2.45) is 7.05 Å². The molecule has 0 spiro atoms. The molecular formula is C9H13N2O2. The Morgan fingerprint density at radius 3 is 3.00 bits per heavy atom. The zero-order valence-electron chi connectivity index (χ0n) is 7.91. The summed E-state index contributed by atoms with van der Waals surface area (Å²) in [5, 5.41) is 4.01. The summed E-state index contributed by atoms with van der Waals surface area (Å²) in [7, 11) is 1.89. The molecule has 0 bridgehead atoms. The molecule has 0 N–H and O–H groups in total. The van der Waals surface area contributed by atoms with Gasteiger partial charge in [-0.05, 0) is 6.92 Å². The van der Waals surface area contributed by atoms with Gasteiger partial charge in [-0.25, -0.2) is 0 Å². The first-order valence-electron chi connectivity index (χ1n) is 4.40. The minimum absolute atomic E-state index is 0.00528. The second-order valence-electron chi connectivity index (χ2n) is 3.21. The van der Waals surface area contributed by atoms with E-state index in [1.54, 1.807) is 4.68 Å². The monoisotopic (exact) mass is 181 g/mol. The van der Waals surface area contributed by atoms with Gasteiger partial charge in [0.25, 0.3) is 0 Å². The maximum Gasteiger partial charge on any atom is 0.160 e. The molecule has 71 valence electrons. The third kappa shape index (κ3) is 1.73. The minimum Gasteiger partial charge on any atom is -0.352 e. The molecule has 0 amide bonds. The second-order valence-corrected chi connectivity index (χ2v) is 3.21. The lowest BCUT2D eigenvalue weighted by atomic mass is 10.3. The fourth-order valence-electron chi connectivity index (χ4n) is 1.24. The molecule has 4 nitrogen and oxygen atoms in total. The predicted octanol–water partition coefficient (Wildman–Crippen LogP) is 0.792. The predicted molar refractivity (Wildman–Crippen MR) is 45.9 cm³/mol. The van der Waals surface area contributed by atoms with E-state index >= 15 is 0 Å². The third-order valence-corrected chi connectivity index (χ3v) is 2.25. The van der Waals surface area contributed by atoms with E-state index in [-0.39, 0.29) is 6.29 Å². The van der Waals surface area contributed by atoms with E-state index in [1.807, 2.05) is 14.0 Å². The number of aromatic nitrogens is 2. The van der Waals surface area contributed by atoms with Crippen LogP contribution in [0.25, 0.3) is 0 Å². The molecule has 0 saturated carbocycles. The highest BCUT2D eigenvalue weighted by Gasteiger charge is 2.19. The highest BCUT2D eigenvalue weighted by molar-refractivity contribution is 5.12. The lowest BCUT2D eigenvalue weighted by Gasteiger charge is -2.26. The zero-order valence-corrected chi connectivity index (χ0v) is 7.91. The van der Waals surface area contributed by atoms with Gasteiger partial charge in [0.1, 0.15) is 6.20 Å². The molecule has 1 saturated heterocycles. The van der Waals surface area contributed by atoms with Crippen LogP contribution in [0, 0.1) is 13.1 Å². The number of rotatable bonds is 3. The van der Waals surface area contributed by atoms with Gasteiger partial charge >= 0.3 is 0 Å². The van der Waals surface area contributed by atoms with Crippen LogP contribution in [-0.2, 0) is 23.1 Å². The van der Waals surface area contributed by atoms with E-state index < -0.39 is 0 Å². The Morgan fingerprint density at radius 2 is 2.54 bits per heavy atom. The molecule has 1 atom stereocenters. The van der Waals surface area contributed by atoms with Crippen LogP contribution >= 0.6 is 0 Å². The second kappa shape index (κ2) is 3.47. The average Bonchev–Trinajstić information content (AvgIpc) is 2.32. The number of nitrogens with zero attached hydrogens (tertiary/aromatic N) is 2. The summed E-state index contributed by atoms with van der Waals surface area (Å²) >= 11 is 0.